The van der Waals surface area contributed by atoms with Crippen LogP contribution in [0.5, 0.6) is 5.88 Å². The fourth-order valence-corrected chi connectivity index (χ4v) is 2.95. The average molecular weight is 328 g/mol. The summed E-state index contributed by atoms with van der Waals surface area (Å²) in [6.45, 7) is 3.39. The molecule has 2 heterocycles. The highest BCUT2D eigenvalue weighted by atomic mass is 79.9. The Hall–Kier alpha value is -1.14. The predicted molar refractivity (Wildman–Crippen MR) is 77.4 cm³/mol. The molecule has 0 unspecified atom stereocenters. The van der Waals surface area contributed by atoms with Crippen molar-refractivity contribution >= 4 is 33.1 Å². The number of halogens is 1. The lowest BCUT2D eigenvalue weighted by Crippen LogP contribution is -2.06. The summed E-state index contributed by atoms with van der Waals surface area (Å²) in [5.74, 6) is 1.40. The summed E-state index contributed by atoms with van der Waals surface area (Å²) in [4.78, 5) is 9.51. The zero-order chi connectivity index (χ0) is 12.8. The number of nitrogens with zero attached hydrogens (tertiary/aromatic N) is 2. The van der Waals surface area contributed by atoms with E-state index in [1.165, 1.54) is 11.2 Å². The topological polar surface area (TPSA) is 47.0 Å². The second-order valence-corrected chi connectivity index (χ2v) is 6.10. The number of aromatic nitrogens is 2. The van der Waals surface area contributed by atoms with E-state index in [1.807, 2.05) is 13.0 Å². The van der Waals surface area contributed by atoms with E-state index in [1.54, 1.807) is 11.3 Å². The van der Waals surface area contributed by atoms with Crippen molar-refractivity contribution in [2.24, 2.45) is 0 Å². The molecule has 2 aromatic rings. The fourth-order valence-electron chi connectivity index (χ4n) is 1.46. The summed E-state index contributed by atoms with van der Waals surface area (Å²) in [6.07, 6.45) is 2.49. The van der Waals surface area contributed by atoms with E-state index in [0.717, 1.165) is 22.6 Å². The molecule has 0 amide bonds. The maximum absolute atomic E-state index is 5.32. The molecular weight excluding hydrogens is 314 g/mol. The average Bonchev–Trinajstić information content (AvgIpc) is 2.76. The van der Waals surface area contributed by atoms with Crippen molar-refractivity contribution in [3.8, 4) is 5.88 Å². The summed E-state index contributed by atoms with van der Waals surface area (Å²) >= 11 is 5.21. The summed E-state index contributed by atoms with van der Waals surface area (Å²) in [5, 5.41) is 3.26. The highest BCUT2D eigenvalue weighted by Crippen LogP contribution is 2.22. The van der Waals surface area contributed by atoms with Crippen molar-refractivity contribution < 1.29 is 4.74 Å². The van der Waals surface area contributed by atoms with E-state index < -0.39 is 0 Å². The smallest absolute Gasteiger partial charge is 0.218 e. The van der Waals surface area contributed by atoms with Crippen LogP contribution in [0.1, 0.15) is 11.8 Å². The van der Waals surface area contributed by atoms with E-state index in [2.05, 4.69) is 43.3 Å². The maximum atomic E-state index is 5.32. The van der Waals surface area contributed by atoms with E-state index in [-0.39, 0.29) is 0 Å². The minimum absolute atomic E-state index is 0.605. The van der Waals surface area contributed by atoms with Gasteiger partial charge in [0.1, 0.15) is 12.1 Å². The summed E-state index contributed by atoms with van der Waals surface area (Å²) in [7, 11) is 0. The van der Waals surface area contributed by atoms with Crippen molar-refractivity contribution in [1.29, 1.82) is 0 Å². The quantitative estimate of drug-likeness (QED) is 0.883. The van der Waals surface area contributed by atoms with E-state index >= 15 is 0 Å². The van der Waals surface area contributed by atoms with Crippen LogP contribution in [-0.2, 0) is 6.42 Å². The van der Waals surface area contributed by atoms with Gasteiger partial charge >= 0.3 is 0 Å². The Labute approximate surface area is 119 Å². The molecule has 2 rings (SSSR count). The first-order valence-electron chi connectivity index (χ1n) is 5.71. The van der Waals surface area contributed by atoms with Crippen LogP contribution in [0.3, 0.4) is 0 Å². The first-order valence-corrected chi connectivity index (χ1v) is 7.32. The first-order chi connectivity index (χ1) is 8.78. The summed E-state index contributed by atoms with van der Waals surface area (Å²) < 4.78 is 6.48. The molecule has 6 heteroatoms. The molecular formula is C12H14BrN3OS. The van der Waals surface area contributed by atoms with Crippen molar-refractivity contribution in [1.82, 2.24) is 9.97 Å². The van der Waals surface area contributed by atoms with Gasteiger partial charge in [0, 0.05) is 17.5 Å². The molecule has 0 aliphatic rings. The van der Waals surface area contributed by atoms with E-state index in [0.29, 0.717) is 12.5 Å². The van der Waals surface area contributed by atoms with Crippen LogP contribution >= 0.6 is 27.3 Å². The van der Waals surface area contributed by atoms with Crippen LogP contribution in [0, 0.1) is 0 Å². The van der Waals surface area contributed by atoms with Gasteiger partial charge in [0.25, 0.3) is 0 Å². The molecule has 0 saturated heterocycles. The van der Waals surface area contributed by atoms with Gasteiger partial charge < -0.3 is 10.1 Å². The zero-order valence-corrected chi connectivity index (χ0v) is 12.4. The molecule has 4 nitrogen and oxygen atoms in total. The lowest BCUT2D eigenvalue weighted by molar-refractivity contribution is 0.326. The SMILES string of the molecule is CCOc1cc(NCCc2ccc(Br)s2)ncn1. The van der Waals surface area contributed by atoms with Gasteiger partial charge in [-0.2, -0.15) is 0 Å². The summed E-state index contributed by atoms with van der Waals surface area (Å²) in [6, 6.07) is 6.01. The van der Waals surface area contributed by atoms with Gasteiger partial charge in [0.15, 0.2) is 0 Å². The van der Waals surface area contributed by atoms with Crippen molar-refractivity contribution in [3.05, 3.63) is 33.2 Å². The normalized spacial score (nSPS) is 10.3. The first kappa shape index (κ1) is 13.3. The highest BCUT2D eigenvalue weighted by Gasteiger charge is 2.00. The zero-order valence-electron chi connectivity index (χ0n) is 10.0. The predicted octanol–water partition coefficient (Wildman–Crippen LogP) is 3.35. The number of anilines is 1. The number of nitrogens with one attached hydrogen (secondary N) is 1. The molecule has 0 aliphatic heterocycles. The van der Waals surface area contributed by atoms with Gasteiger partial charge in [-0.25, -0.2) is 9.97 Å². The minimum Gasteiger partial charge on any atom is -0.478 e. The molecule has 0 atom stereocenters. The minimum atomic E-state index is 0.605. The van der Waals surface area contributed by atoms with Crippen LogP contribution in [0.25, 0.3) is 0 Å². The number of hydrogen-bond acceptors (Lipinski definition) is 5. The Morgan fingerprint density at radius 3 is 3.00 bits per heavy atom. The van der Waals surface area contributed by atoms with Gasteiger partial charge in [-0.05, 0) is 41.4 Å². The number of ether oxygens (including phenoxy) is 1. The van der Waals surface area contributed by atoms with Gasteiger partial charge in [-0.15, -0.1) is 11.3 Å². The van der Waals surface area contributed by atoms with Crippen LogP contribution in [0.15, 0.2) is 28.3 Å². The lowest BCUT2D eigenvalue weighted by atomic mass is 10.3. The van der Waals surface area contributed by atoms with Crippen LogP contribution < -0.4 is 10.1 Å². The van der Waals surface area contributed by atoms with Crippen LogP contribution in [0.4, 0.5) is 5.82 Å². The third kappa shape index (κ3) is 3.96. The third-order valence-corrected chi connectivity index (χ3v) is 3.92. The molecule has 0 radical (unpaired) electrons. The second kappa shape index (κ2) is 6.70. The van der Waals surface area contributed by atoms with Crippen LogP contribution in [-0.4, -0.2) is 23.1 Å². The van der Waals surface area contributed by atoms with E-state index in [4.69, 9.17) is 4.74 Å². The fraction of sp³-hybridized carbons (Fsp3) is 0.333. The van der Waals surface area contributed by atoms with E-state index in [9.17, 15) is 0 Å². The van der Waals surface area contributed by atoms with Crippen molar-refractivity contribution in [3.63, 3.8) is 0 Å². The van der Waals surface area contributed by atoms with Crippen molar-refractivity contribution in [2.45, 2.75) is 13.3 Å². The number of hydrogen-bond donors (Lipinski definition) is 1. The van der Waals surface area contributed by atoms with Gasteiger partial charge in [-0.3, -0.25) is 0 Å². The molecule has 18 heavy (non-hydrogen) atoms. The molecule has 0 saturated carbocycles. The Balaban J connectivity index is 1.84. The molecule has 0 aromatic carbocycles. The van der Waals surface area contributed by atoms with Crippen LogP contribution in [0.2, 0.25) is 0 Å². The lowest BCUT2D eigenvalue weighted by Gasteiger charge is -2.06. The molecule has 1 N–H and O–H groups in total. The third-order valence-electron chi connectivity index (χ3n) is 2.24. The molecule has 0 aliphatic carbocycles. The van der Waals surface area contributed by atoms with Gasteiger partial charge in [-0.1, -0.05) is 0 Å². The summed E-state index contributed by atoms with van der Waals surface area (Å²) in [5.41, 5.74) is 0. The number of rotatable bonds is 6. The Bertz CT molecular complexity index is 504. The Kier molecular flexibility index (Phi) is 4.95. The molecule has 0 fully saturated rings. The van der Waals surface area contributed by atoms with Gasteiger partial charge in [0.05, 0.1) is 10.4 Å². The molecule has 96 valence electrons. The number of thiophene rings is 1. The highest BCUT2D eigenvalue weighted by molar-refractivity contribution is 9.11. The maximum Gasteiger partial charge on any atom is 0.218 e. The molecule has 0 spiro atoms. The Morgan fingerprint density at radius 1 is 1.39 bits per heavy atom. The molecule has 0 bridgehead atoms. The standard InChI is InChI=1S/C12H14BrN3OS/c1-2-17-12-7-11(15-8-16-12)14-6-5-9-3-4-10(13)18-9/h3-4,7-8H,2,5-6H2,1H3,(H,14,15,16). The monoisotopic (exact) mass is 327 g/mol. The molecule has 2 aromatic heterocycles. The Morgan fingerprint density at radius 2 is 2.28 bits per heavy atom. The second-order valence-electron chi connectivity index (χ2n) is 3.56. The van der Waals surface area contributed by atoms with Gasteiger partial charge in [0.2, 0.25) is 5.88 Å². The largest absolute Gasteiger partial charge is 0.478 e. The van der Waals surface area contributed by atoms with Crippen molar-refractivity contribution in [2.75, 3.05) is 18.5 Å².